The van der Waals surface area contributed by atoms with Gasteiger partial charge in [-0.25, -0.2) is 0 Å². The molecule has 2 bridgehead atoms. The number of allylic oxidation sites excluding steroid dienone is 1. The number of fused-ring (bicyclic) bond motifs is 1. The van der Waals surface area contributed by atoms with Crippen molar-refractivity contribution in [3.63, 3.8) is 0 Å². The van der Waals surface area contributed by atoms with E-state index in [0.29, 0.717) is 36.5 Å². The van der Waals surface area contributed by atoms with E-state index in [1.807, 2.05) is 0 Å². The van der Waals surface area contributed by atoms with E-state index in [0.717, 1.165) is 38.5 Å². The Hall–Kier alpha value is -1.36. The quantitative estimate of drug-likeness (QED) is 0.494. The minimum absolute atomic E-state index is 0.00262. The first-order valence-corrected chi connectivity index (χ1v) is 12.9. The molecule has 1 saturated heterocycles. The molecule has 1 amide bonds. The summed E-state index contributed by atoms with van der Waals surface area (Å²) in [5.41, 5.74) is 0.964. The summed E-state index contributed by atoms with van der Waals surface area (Å²) >= 11 is 0. The summed E-state index contributed by atoms with van der Waals surface area (Å²) in [7, 11) is 1.52. The summed E-state index contributed by atoms with van der Waals surface area (Å²) in [4.78, 5) is 25.7. The van der Waals surface area contributed by atoms with Gasteiger partial charge in [-0.2, -0.15) is 0 Å². The molecule has 178 valence electrons. The van der Waals surface area contributed by atoms with Crippen LogP contribution in [0, 0.1) is 45.8 Å². The number of hydrogen-bond acceptors (Lipinski definition) is 4. The Labute approximate surface area is 192 Å². The van der Waals surface area contributed by atoms with Gasteiger partial charge in [0.05, 0.1) is 18.6 Å². The second-order valence-electron chi connectivity index (χ2n) is 12.4. The smallest absolute Gasteiger partial charge is 0.311 e. The molecule has 6 aliphatic rings. The van der Waals surface area contributed by atoms with E-state index >= 15 is 0 Å². The number of carbonyl (C=O) groups excluding carboxylic acids is 2. The zero-order valence-electron chi connectivity index (χ0n) is 20.4. The summed E-state index contributed by atoms with van der Waals surface area (Å²) < 4.78 is 5.32. The van der Waals surface area contributed by atoms with Crippen molar-refractivity contribution in [1.29, 1.82) is 0 Å². The first kappa shape index (κ1) is 22.4. The predicted molar refractivity (Wildman–Crippen MR) is 122 cm³/mol. The van der Waals surface area contributed by atoms with Crippen LogP contribution in [0.3, 0.4) is 0 Å². The minimum Gasteiger partial charge on any atom is -0.469 e. The average molecular weight is 444 g/mol. The fourth-order valence-corrected chi connectivity index (χ4v) is 9.57. The van der Waals surface area contributed by atoms with Gasteiger partial charge < -0.3 is 15.2 Å². The maximum Gasteiger partial charge on any atom is 0.311 e. The van der Waals surface area contributed by atoms with Gasteiger partial charge in [-0.1, -0.05) is 38.8 Å². The number of aliphatic hydroxyl groups excluding tert-OH is 1. The lowest BCUT2D eigenvalue weighted by molar-refractivity contribution is -0.196. The van der Waals surface area contributed by atoms with Gasteiger partial charge >= 0.3 is 5.97 Å². The van der Waals surface area contributed by atoms with Gasteiger partial charge in [0, 0.05) is 23.8 Å². The molecule has 3 saturated carbocycles. The molecule has 9 atom stereocenters. The Balaban J connectivity index is 1.63. The lowest BCUT2D eigenvalue weighted by Gasteiger charge is -2.70. The normalized spacial score (nSPS) is 49.8. The Morgan fingerprint density at radius 1 is 1.19 bits per heavy atom. The third-order valence-corrected chi connectivity index (χ3v) is 10.8. The van der Waals surface area contributed by atoms with Crippen LogP contribution in [-0.4, -0.2) is 36.2 Å². The number of methoxy groups -OCH3 is 1. The molecule has 5 heteroatoms. The number of esters is 1. The highest BCUT2D eigenvalue weighted by atomic mass is 16.5. The zero-order chi connectivity index (χ0) is 23.1. The molecule has 5 aliphatic carbocycles. The van der Waals surface area contributed by atoms with E-state index < -0.39 is 11.5 Å². The van der Waals surface area contributed by atoms with Crippen molar-refractivity contribution in [2.75, 3.05) is 7.11 Å². The largest absolute Gasteiger partial charge is 0.469 e. The minimum atomic E-state index is -0.434. The van der Waals surface area contributed by atoms with Crippen LogP contribution in [0.4, 0.5) is 0 Å². The van der Waals surface area contributed by atoms with Crippen molar-refractivity contribution in [2.24, 2.45) is 45.8 Å². The number of hydrogen-bond donors (Lipinski definition) is 2. The fourth-order valence-electron chi connectivity index (χ4n) is 9.57. The lowest BCUT2D eigenvalue weighted by atomic mass is 9.35. The van der Waals surface area contributed by atoms with Crippen molar-refractivity contribution >= 4 is 11.9 Å². The molecule has 0 unspecified atom stereocenters. The number of ether oxygens (including phenoxy) is 1. The van der Waals surface area contributed by atoms with Crippen molar-refractivity contribution in [2.45, 2.75) is 91.2 Å². The van der Waals surface area contributed by atoms with Crippen LogP contribution >= 0.6 is 0 Å². The van der Waals surface area contributed by atoms with E-state index in [4.69, 9.17) is 4.74 Å². The lowest BCUT2D eigenvalue weighted by Crippen LogP contribution is -2.70. The second kappa shape index (κ2) is 7.32. The maximum atomic E-state index is 13.0. The SMILES string of the molecule is COC(=O)[C@]1(C)CCC[C@]2(C)[C@H]3C[C@H]4C(C(C)C)=C[C@]3(CC[C@H]21)[C@@H]1NC(=O)CC[C@H](O)[C@@H]14. The molecule has 32 heavy (non-hydrogen) atoms. The monoisotopic (exact) mass is 443 g/mol. The Morgan fingerprint density at radius 3 is 2.62 bits per heavy atom. The number of rotatable bonds is 2. The summed E-state index contributed by atoms with van der Waals surface area (Å²) in [6.45, 7) is 9.11. The molecule has 2 N–H and O–H groups in total. The van der Waals surface area contributed by atoms with Gasteiger partial charge in [0.15, 0.2) is 0 Å². The Morgan fingerprint density at radius 2 is 1.94 bits per heavy atom. The van der Waals surface area contributed by atoms with Gasteiger partial charge in [-0.05, 0) is 74.5 Å². The summed E-state index contributed by atoms with van der Waals surface area (Å²) in [5, 5.41) is 14.6. The van der Waals surface area contributed by atoms with E-state index in [2.05, 4.69) is 39.1 Å². The van der Waals surface area contributed by atoms with Crippen LogP contribution in [0.5, 0.6) is 0 Å². The molecule has 6 rings (SSSR count). The predicted octanol–water partition coefficient (Wildman–Crippen LogP) is 4.24. The van der Waals surface area contributed by atoms with Crippen LogP contribution in [-0.2, 0) is 14.3 Å². The fraction of sp³-hybridized carbons (Fsp3) is 0.852. The Bertz CT molecular complexity index is 851. The van der Waals surface area contributed by atoms with E-state index in [9.17, 15) is 14.7 Å². The summed E-state index contributed by atoms with van der Waals surface area (Å²) in [5.74, 6) is 1.61. The number of amides is 1. The molecule has 0 aromatic rings. The van der Waals surface area contributed by atoms with Crippen LogP contribution in [0.25, 0.3) is 0 Å². The van der Waals surface area contributed by atoms with Crippen molar-refractivity contribution in [1.82, 2.24) is 5.32 Å². The second-order valence-corrected chi connectivity index (χ2v) is 12.4. The van der Waals surface area contributed by atoms with Gasteiger partial charge in [-0.3, -0.25) is 9.59 Å². The first-order chi connectivity index (χ1) is 15.1. The van der Waals surface area contributed by atoms with Gasteiger partial charge in [0.1, 0.15) is 0 Å². The average Bonchev–Trinajstić information content (AvgIpc) is 2.91. The highest BCUT2D eigenvalue weighted by Crippen LogP contribution is 2.72. The number of carbonyl (C=O) groups is 2. The molecule has 1 heterocycles. The molecule has 5 nitrogen and oxygen atoms in total. The topological polar surface area (TPSA) is 75.6 Å². The van der Waals surface area contributed by atoms with E-state index in [1.165, 1.54) is 12.7 Å². The van der Waals surface area contributed by atoms with Gasteiger partial charge in [-0.15, -0.1) is 0 Å². The molecule has 0 aromatic heterocycles. The number of nitrogens with one attached hydrogen (secondary N) is 1. The Kier molecular flexibility index (Phi) is 5.13. The van der Waals surface area contributed by atoms with Crippen LogP contribution in [0.2, 0.25) is 0 Å². The van der Waals surface area contributed by atoms with Crippen LogP contribution < -0.4 is 5.32 Å². The molecular formula is C27H41NO4. The van der Waals surface area contributed by atoms with Crippen molar-refractivity contribution in [3.05, 3.63) is 11.6 Å². The van der Waals surface area contributed by atoms with Crippen LogP contribution in [0.1, 0.15) is 79.1 Å². The first-order valence-electron chi connectivity index (χ1n) is 12.9. The van der Waals surface area contributed by atoms with E-state index in [-0.39, 0.29) is 34.7 Å². The van der Waals surface area contributed by atoms with Gasteiger partial charge in [0.25, 0.3) is 0 Å². The standard InChI is InChI=1S/C27H41NO4/c1-15(2)17-14-27-12-9-19-25(3,10-6-11-26(19,4)24(31)32-5)20(27)13-16(17)22-18(29)7-8-21(30)28-23(22)27/h14-16,18-20,22-23,29H,6-13H2,1-5H3,(H,28,30)/t16-,18-,19+,20+,22-,23+,25-,26+,27-/m0/s1. The molecular weight excluding hydrogens is 402 g/mol. The van der Waals surface area contributed by atoms with Gasteiger partial charge in [0.2, 0.25) is 5.91 Å². The molecule has 4 fully saturated rings. The molecule has 1 spiro atoms. The highest BCUT2D eigenvalue weighted by Gasteiger charge is 2.69. The highest BCUT2D eigenvalue weighted by molar-refractivity contribution is 5.78. The maximum absolute atomic E-state index is 13.0. The summed E-state index contributed by atoms with van der Waals surface area (Å²) in [6, 6.07) is 0.00262. The number of aliphatic hydroxyl groups is 1. The third kappa shape index (κ3) is 2.78. The zero-order valence-corrected chi connectivity index (χ0v) is 20.4. The molecule has 1 aliphatic heterocycles. The third-order valence-electron chi connectivity index (χ3n) is 10.8. The van der Waals surface area contributed by atoms with E-state index in [1.54, 1.807) is 0 Å². The van der Waals surface area contributed by atoms with Crippen LogP contribution in [0.15, 0.2) is 11.6 Å². The van der Waals surface area contributed by atoms with Crippen molar-refractivity contribution < 1.29 is 19.4 Å². The van der Waals surface area contributed by atoms with Crippen molar-refractivity contribution in [3.8, 4) is 0 Å². The molecule has 0 radical (unpaired) electrons. The molecule has 0 aromatic carbocycles. The summed E-state index contributed by atoms with van der Waals surface area (Å²) in [6.07, 6.45) is 9.20.